The van der Waals surface area contributed by atoms with Crippen molar-refractivity contribution in [2.75, 3.05) is 0 Å². The molecule has 2 aromatic carbocycles. The maximum absolute atomic E-state index is 12.5. The van der Waals surface area contributed by atoms with E-state index < -0.39 is 0 Å². The molecule has 3 rings (SSSR count). The SMILES string of the molecule is O=c1c2ccccc2sc2c(SCl)cc(SCl)cc12. The second-order valence-electron chi connectivity index (χ2n) is 3.88. The van der Waals surface area contributed by atoms with E-state index in [0.29, 0.717) is 5.39 Å². The van der Waals surface area contributed by atoms with E-state index in [1.54, 1.807) is 11.3 Å². The summed E-state index contributed by atoms with van der Waals surface area (Å²) in [6, 6.07) is 11.3. The van der Waals surface area contributed by atoms with Crippen molar-refractivity contribution in [3.63, 3.8) is 0 Å². The molecule has 0 N–H and O–H groups in total. The van der Waals surface area contributed by atoms with Crippen LogP contribution in [0.15, 0.2) is 51.0 Å². The molecule has 0 saturated carbocycles. The lowest BCUT2D eigenvalue weighted by molar-refractivity contribution is 1.42. The van der Waals surface area contributed by atoms with E-state index in [1.165, 1.54) is 0 Å². The Labute approximate surface area is 130 Å². The van der Waals surface area contributed by atoms with E-state index in [-0.39, 0.29) is 5.43 Å². The van der Waals surface area contributed by atoms with Gasteiger partial charge in [0.15, 0.2) is 5.43 Å². The van der Waals surface area contributed by atoms with Gasteiger partial charge in [-0.3, -0.25) is 4.79 Å². The fraction of sp³-hybridized carbons (Fsp3) is 0. The Morgan fingerprint density at radius 2 is 1.79 bits per heavy atom. The smallest absolute Gasteiger partial charge is 0.195 e. The van der Waals surface area contributed by atoms with Crippen LogP contribution in [0.2, 0.25) is 0 Å². The highest BCUT2D eigenvalue weighted by atomic mass is 35.7. The third-order valence-electron chi connectivity index (χ3n) is 2.79. The molecule has 1 aromatic heterocycles. The van der Waals surface area contributed by atoms with Gasteiger partial charge in [0, 0.05) is 25.3 Å². The lowest BCUT2D eigenvalue weighted by Gasteiger charge is -2.06. The second-order valence-corrected chi connectivity index (χ2v) is 7.08. The predicted molar refractivity (Wildman–Crippen MR) is 89.0 cm³/mol. The molecule has 0 aliphatic rings. The maximum atomic E-state index is 12.5. The molecule has 0 bridgehead atoms. The van der Waals surface area contributed by atoms with Crippen LogP contribution in [0, 0.1) is 0 Å². The van der Waals surface area contributed by atoms with Crippen molar-refractivity contribution in [2.24, 2.45) is 0 Å². The fourth-order valence-electron chi connectivity index (χ4n) is 1.95. The van der Waals surface area contributed by atoms with Crippen molar-refractivity contribution < 1.29 is 0 Å². The molecular weight excluding hydrogens is 339 g/mol. The topological polar surface area (TPSA) is 17.1 Å². The Morgan fingerprint density at radius 3 is 2.53 bits per heavy atom. The third kappa shape index (κ3) is 2.36. The molecule has 96 valence electrons. The van der Waals surface area contributed by atoms with Crippen LogP contribution in [0.25, 0.3) is 20.2 Å². The molecule has 6 heteroatoms. The van der Waals surface area contributed by atoms with E-state index in [1.807, 2.05) is 36.4 Å². The minimum absolute atomic E-state index is 0.0314. The van der Waals surface area contributed by atoms with Gasteiger partial charge in [-0.2, -0.15) is 0 Å². The highest BCUT2D eigenvalue weighted by Crippen LogP contribution is 2.38. The van der Waals surface area contributed by atoms with Crippen molar-refractivity contribution in [1.82, 2.24) is 0 Å². The summed E-state index contributed by atoms with van der Waals surface area (Å²) in [7, 11) is 13.9. The zero-order chi connectivity index (χ0) is 13.4. The van der Waals surface area contributed by atoms with Crippen molar-refractivity contribution in [1.29, 1.82) is 0 Å². The van der Waals surface area contributed by atoms with Crippen molar-refractivity contribution in [3.8, 4) is 0 Å². The largest absolute Gasteiger partial charge is 0.289 e. The van der Waals surface area contributed by atoms with Gasteiger partial charge in [0.25, 0.3) is 0 Å². The summed E-state index contributed by atoms with van der Waals surface area (Å²) in [5, 5.41) is 1.42. The summed E-state index contributed by atoms with van der Waals surface area (Å²) in [6.45, 7) is 0. The summed E-state index contributed by atoms with van der Waals surface area (Å²) >= 11 is 1.58. The van der Waals surface area contributed by atoms with Crippen LogP contribution in [-0.4, -0.2) is 0 Å². The highest BCUT2D eigenvalue weighted by Gasteiger charge is 2.11. The van der Waals surface area contributed by atoms with Gasteiger partial charge in [-0.1, -0.05) is 12.1 Å². The zero-order valence-corrected chi connectivity index (χ0v) is 13.3. The van der Waals surface area contributed by atoms with Gasteiger partial charge in [0.1, 0.15) is 0 Å². The molecule has 0 aliphatic heterocycles. The van der Waals surface area contributed by atoms with E-state index in [9.17, 15) is 4.79 Å². The Morgan fingerprint density at radius 1 is 1.00 bits per heavy atom. The van der Waals surface area contributed by atoms with Crippen molar-refractivity contribution in [2.45, 2.75) is 9.79 Å². The van der Waals surface area contributed by atoms with Gasteiger partial charge in [-0.15, -0.1) is 11.3 Å². The Kier molecular flexibility index (Phi) is 3.96. The maximum Gasteiger partial charge on any atom is 0.195 e. The average Bonchev–Trinajstić information content (AvgIpc) is 2.47. The molecule has 19 heavy (non-hydrogen) atoms. The van der Waals surface area contributed by atoms with Gasteiger partial charge in [-0.25, -0.2) is 0 Å². The van der Waals surface area contributed by atoms with Crippen LogP contribution >= 0.6 is 54.7 Å². The van der Waals surface area contributed by atoms with Gasteiger partial charge in [-0.05, 0) is 67.6 Å². The first kappa shape index (κ1) is 13.6. The Balaban J connectivity index is 2.54. The monoisotopic (exact) mass is 344 g/mol. The molecular formula is C13H6Cl2OS3. The van der Waals surface area contributed by atoms with Gasteiger partial charge in [0.2, 0.25) is 0 Å². The first-order chi connectivity index (χ1) is 9.24. The van der Waals surface area contributed by atoms with Crippen LogP contribution in [0.3, 0.4) is 0 Å². The third-order valence-corrected chi connectivity index (χ3v) is 6.07. The molecule has 0 spiro atoms. The minimum Gasteiger partial charge on any atom is -0.289 e. The molecule has 0 unspecified atom stereocenters. The molecule has 3 aromatic rings. The van der Waals surface area contributed by atoms with Crippen LogP contribution in [0.1, 0.15) is 0 Å². The molecule has 0 aliphatic carbocycles. The number of benzene rings is 2. The van der Waals surface area contributed by atoms with E-state index in [0.717, 1.165) is 46.5 Å². The minimum atomic E-state index is 0.0314. The number of halogens is 2. The average molecular weight is 345 g/mol. The molecule has 0 radical (unpaired) electrons. The Bertz CT molecular complexity index is 829. The zero-order valence-electron chi connectivity index (χ0n) is 9.35. The summed E-state index contributed by atoms with van der Waals surface area (Å²) in [5.74, 6) is 0. The van der Waals surface area contributed by atoms with E-state index >= 15 is 0 Å². The van der Waals surface area contributed by atoms with Crippen molar-refractivity contribution >= 4 is 74.8 Å². The normalized spacial score (nSPS) is 11.3. The van der Waals surface area contributed by atoms with Gasteiger partial charge < -0.3 is 0 Å². The first-order valence-electron chi connectivity index (χ1n) is 5.31. The number of rotatable bonds is 2. The second kappa shape index (κ2) is 5.54. The van der Waals surface area contributed by atoms with Gasteiger partial charge >= 0.3 is 0 Å². The number of hydrogen-bond acceptors (Lipinski definition) is 4. The predicted octanol–water partition coefficient (Wildman–Crippen LogP) is 5.91. The molecule has 1 heterocycles. The quantitative estimate of drug-likeness (QED) is 0.538. The van der Waals surface area contributed by atoms with Gasteiger partial charge in [0.05, 0.1) is 4.70 Å². The highest BCUT2D eigenvalue weighted by molar-refractivity contribution is 8.21. The number of hydrogen-bond donors (Lipinski definition) is 0. The lowest BCUT2D eigenvalue weighted by atomic mass is 10.2. The van der Waals surface area contributed by atoms with Crippen LogP contribution in [0.5, 0.6) is 0 Å². The summed E-state index contributed by atoms with van der Waals surface area (Å²) in [6.07, 6.45) is 0. The van der Waals surface area contributed by atoms with Crippen molar-refractivity contribution in [3.05, 3.63) is 46.6 Å². The van der Waals surface area contributed by atoms with Crippen LogP contribution < -0.4 is 5.43 Å². The standard InChI is InChI=1S/C13H6Cl2OS3/c14-18-7-5-9-12(16)8-3-1-2-4-10(8)17-13(9)11(6-7)19-15/h1-6H. The van der Waals surface area contributed by atoms with Crippen LogP contribution in [0.4, 0.5) is 0 Å². The summed E-state index contributed by atoms with van der Waals surface area (Å²) in [5.41, 5.74) is 0.0314. The summed E-state index contributed by atoms with van der Waals surface area (Å²) < 4.78 is 1.89. The van der Waals surface area contributed by atoms with Crippen LogP contribution in [-0.2, 0) is 0 Å². The lowest BCUT2D eigenvalue weighted by Crippen LogP contribution is -2.01. The number of fused-ring (bicyclic) bond motifs is 2. The fourth-order valence-corrected chi connectivity index (χ4v) is 4.78. The van der Waals surface area contributed by atoms with E-state index in [4.69, 9.17) is 21.4 Å². The van der Waals surface area contributed by atoms with E-state index in [2.05, 4.69) is 0 Å². The summed E-state index contributed by atoms with van der Waals surface area (Å²) in [4.78, 5) is 14.2. The molecule has 0 amide bonds. The molecule has 0 fully saturated rings. The molecule has 0 saturated heterocycles. The first-order valence-corrected chi connectivity index (χ1v) is 9.41. The molecule has 1 nitrogen and oxygen atoms in total. The Hall–Kier alpha value is -0.390. The molecule has 0 atom stereocenters.